The standard InChI is InChI=1S/C22H30N4O/c1-16(2)25-9-11-26(12-10-25)21-17(3)13-20(15-23-21)18-7-6-8-19(14-18)22(27)24(4)5/h6-8,13-16H,9-12H2,1-5H3. The maximum atomic E-state index is 12.2. The number of piperazine rings is 1. The SMILES string of the molecule is Cc1cc(-c2cccc(C(=O)N(C)C)c2)cnc1N1CCN(C(C)C)CC1. The fourth-order valence-corrected chi connectivity index (χ4v) is 3.60. The van der Waals surface area contributed by atoms with Crippen LogP contribution in [0.5, 0.6) is 0 Å². The molecule has 5 nitrogen and oxygen atoms in total. The summed E-state index contributed by atoms with van der Waals surface area (Å²) < 4.78 is 0. The number of amides is 1. The van der Waals surface area contributed by atoms with Crippen molar-refractivity contribution in [2.24, 2.45) is 0 Å². The molecule has 0 aliphatic carbocycles. The number of aromatic nitrogens is 1. The summed E-state index contributed by atoms with van der Waals surface area (Å²) in [6.07, 6.45) is 1.93. The van der Waals surface area contributed by atoms with E-state index in [-0.39, 0.29) is 5.91 Å². The highest BCUT2D eigenvalue weighted by Crippen LogP contribution is 2.26. The third-order valence-corrected chi connectivity index (χ3v) is 5.24. The van der Waals surface area contributed by atoms with E-state index in [1.54, 1.807) is 19.0 Å². The third-order valence-electron chi connectivity index (χ3n) is 5.24. The van der Waals surface area contributed by atoms with Crippen molar-refractivity contribution in [2.75, 3.05) is 45.2 Å². The van der Waals surface area contributed by atoms with Crippen LogP contribution in [0, 0.1) is 6.92 Å². The summed E-state index contributed by atoms with van der Waals surface area (Å²) in [5.74, 6) is 1.09. The minimum atomic E-state index is 0.0150. The lowest BCUT2D eigenvalue weighted by atomic mass is 10.0. The van der Waals surface area contributed by atoms with Crippen LogP contribution in [0.1, 0.15) is 29.8 Å². The van der Waals surface area contributed by atoms with Crippen LogP contribution in [0.4, 0.5) is 5.82 Å². The summed E-state index contributed by atoms with van der Waals surface area (Å²) in [6, 6.07) is 10.5. The molecule has 1 aliphatic heterocycles. The largest absolute Gasteiger partial charge is 0.354 e. The van der Waals surface area contributed by atoms with E-state index < -0.39 is 0 Å². The first-order valence-electron chi connectivity index (χ1n) is 9.64. The topological polar surface area (TPSA) is 39.7 Å². The summed E-state index contributed by atoms with van der Waals surface area (Å²) in [7, 11) is 3.54. The zero-order valence-electron chi connectivity index (χ0n) is 17.1. The van der Waals surface area contributed by atoms with Crippen LogP contribution < -0.4 is 4.90 Å². The molecule has 1 aromatic heterocycles. The maximum absolute atomic E-state index is 12.2. The van der Waals surface area contributed by atoms with Gasteiger partial charge in [0.1, 0.15) is 5.82 Å². The molecule has 1 aliphatic rings. The van der Waals surface area contributed by atoms with Crippen LogP contribution >= 0.6 is 0 Å². The van der Waals surface area contributed by atoms with Gasteiger partial charge in [0.2, 0.25) is 0 Å². The van der Waals surface area contributed by atoms with E-state index in [2.05, 4.69) is 36.6 Å². The summed E-state index contributed by atoms with van der Waals surface area (Å²) in [4.78, 5) is 23.5. The molecule has 3 rings (SSSR count). The Labute approximate surface area is 162 Å². The van der Waals surface area contributed by atoms with Gasteiger partial charge in [-0.2, -0.15) is 0 Å². The van der Waals surface area contributed by atoms with Gasteiger partial charge in [-0.3, -0.25) is 9.69 Å². The fourth-order valence-electron chi connectivity index (χ4n) is 3.60. The van der Waals surface area contributed by atoms with Gasteiger partial charge in [0.15, 0.2) is 0 Å². The Morgan fingerprint density at radius 2 is 1.78 bits per heavy atom. The Hall–Kier alpha value is -2.40. The fraction of sp³-hybridized carbons (Fsp3) is 0.455. The lowest BCUT2D eigenvalue weighted by molar-refractivity contribution is 0.0827. The van der Waals surface area contributed by atoms with Gasteiger partial charge in [0.05, 0.1) is 0 Å². The number of hydrogen-bond acceptors (Lipinski definition) is 4. The smallest absolute Gasteiger partial charge is 0.253 e. The minimum Gasteiger partial charge on any atom is -0.354 e. The van der Waals surface area contributed by atoms with Crippen molar-refractivity contribution in [3.8, 4) is 11.1 Å². The van der Waals surface area contributed by atoms with Crippen molar-refractivity contribution in [1.29, 1.82) is 0 Å². The molecule has 0 radical (unpaired) electrons. The molecule has 0 saturated carbocycles. The minimum absolute atomic E-state index is 0.0150. The molecule has 0 bridgehead atoms. The highest BCUT2D eigenvalue weighted by molar-refractivity contribution is 5.95. The number of hydrogen-bond donors (Lipinski definition) is 0. The van der Waals surface area contributed by atoms with Gasteiger partial charge in [-0.25, -0.2) is 4.98 Å². The average Bonchev–Trinajstić information content (AvgIpc) is 2.67. The Bertz CT molecular complexity index is 808. The number of nitrogens with zero attached hydrogens (tertiary/aromatic N) is 4. The van der Waals surface area contributed by atoms with Gasteiger partial charge in [-0.05, 0) is 50.1 Å². The van der Waals surface area contributed by atoms with Crippen LogP contribution in [0.3, 0.4) is 0 Å². The van der Waals surface area contributed by atoms with Crippen LogP contribution in [0.2, 0.25) is 0 Å². The van der Waals surface area contributed by atoms with Crippen molar-refractivity contribution in [1.82, 2.24) is 14.8 Å². The quantitative estimate of drug-likeness (QED) is 0.832. The first-order valence-corrected chi connectivity index (χ1v) is 9.64. The molecule has 144 valence electrons. The van der Waals surface area contributed by atoms with E-state index in [0.29, 0.717) is 11.6 Å². The zero-order chi connectivity index (χ0) is 19.6. The first-order chi connectivity index (χ1) is 12.9. The summed E-state index contributed by atoms with van der Waals surface area (Å²) in [5, 5.41) is 0. The Morgan fingerprint density at radius 3 is 2.37 bits per heavy atom. The van der Waals surface area contributed by atoms with Gasteiger partial charge < -0.3 is 9.80 Å². The summed E-state index contributed by atoms with van der Waals surface area (Å²) >= 11 is 0. The van der Waals surface area contributed by atoms with Gasteiger partial charge in [-0.1, -0.05) is 12.1 Å². The van der Waals surface area contributed by atoms with E-state index in [1.165, 1.54) is 5.56 Å². The van der Waals surface area contributed by atoms with E-state index in [9.17, 15) is 4.79 Å². The molecule has 5 heteroatoms. The Kier molecular flexibility index (Phi) is 5.80. The van der Waals surface area contributed by atoms with E-state index in [0.717, 1.165) is 43.1 Å². The van der Waals surface area contributed by atoms with Gasteiger partial charge in [0, 0.05) is 63.6 Å². The van der Waals surface area contributed by atoms with Crippen LogP contribution in [0.25, 0.3) is 11.1 Å². The van der Waals surface area contributed by atoms with E-state index >= 15 is 0 Å². The molecule has 0 unspecified atom stereocenters. The number of carbonyl (C=O) groups is 1. The second-order valence-corrected chi connectivity index (χ2v) is 7.76. The number of carbonyl (C=O) groups excluding carboxylic acids is 1. The molecule has 1 aromatic carbocycles. The molecular weight excluding hydrogens is 336 g/mol. The van der Waals surface area contributed by atoms with Gasteiger partial charge in [-0.15, -0.1) is 0 Å². The second-order valence-electron chi connectivity index (χ2n) is 7.76. The normalized spacial score (nSPS) is 15.3. The van der Waals surface area contributed by atoms with Crippen molar-refractivity contribution < 1.29 is 4.79 Å². The number of pyridine rings is 1. The molecule has 2 heterocycles. The van der Waals surface area contributed by atoms with E-state index in [4.69, 9.17) is 4.98 Å². The second kappa shape index (κ2) is 8.09. The van der Waals surface area contributed by atoms with Crippen molar-refractivity contribution in [2.45, 2.75) is 26.8 Å². The summed E-state index contributed by atoms with van der Waals surface area (Å²) in [5.41, 5.74) is 3.94. The molecule has 1 amide bonds. The molecule has 0 spiro atoms. The highest BCUT2D eigenvalue weighted by atomic mass is 16.2. The molecule has 27 heavy (non-hydrogen) atoms. The Morgan fingerprint density at radius 1 is 1.07 bits per heavy atom. The lowest BCUT2D eigenvalue weighted by Crippen LogP contribution is -2.49. The number of benzene rings is 1. The van der Waals surface area contributed by atoms with Crippen molar-refractivity contribution >= 4 is 11.7 Å². The monoisotopic (exact) mass is 366 g/mol. The van der Waals surface area contributed by atoms with Crippen LogP contribution in [-0.4, -0.2) is 67.0 Å². The lowest BCUT2D eigenvalue weighted by Gasteiger charge is -2.38. The predicted octanol–water partition coefficient (Wildman–Crippen LogP) is 3.29. The predicted molar refractivity (Wildman–Crippen MR) is 111 cm³/mol. The van der Waals surface area contributed by atoms with Gasteiger partial charge >= 0.3 is 0 Å². The van der Waals surface area contributed by atoms with Crippen LogP contribution in [0.15, 0.2) is 36.5 Å². The van der Waals surface area contributed by atoms with Crippen LogP contribution in [-0.2, 0) is 0 Å². The molecule has 0 atom stereocenters. The van der Waals surface area contributed by atoms with Crippen molar-refractivity contribution in [3.63, 3.8) is 0 Å². The number of rotatable bonds is 4. The molecule has 1 saturated heterocycles. The number of aryl methyl sites for hydroxylation is 1. The van der Waals surface area contributed by atoms with Crippen molar-refractivity contribution in [3.05, 3.63) is 47.7 Å². The van der Waals surface area contributed by atoms with Gasteiger partial charge in [0.25, 0.3) is 5.91 Å². The molecule has 2 aromatic rings. The van der Waals surface area contributed by atoms with E-state index in [1.807, 2.05) is 30.5 Å². The summed E-state index contributed by atoms with van der Waals surface area (Å²) in [6.45, 7) is 10.8. The third kappa shape index (κ3) is 4.30. The molecule has 0 N–H and O–H groups in total. The maximum Gasteiger partial charge on any atom is 0.253 e. The first kappa shape index (κ1) is 19.4. The number of anilines is 1. The highest BCUT2D eigenvalue weighted by Gasteiger charge is 2.21. The zero-order valence-corrected chi connectivity index (χ0v) is 17.1. The average molecular weight is 367 g/mol. The molecule has 1 fully saturated rings. The molecular formula is C22H30N4O. The Balaban J connectivity index is 1.80.